The Morgan fingerprint density at radius 1 is 0.923 bits per heavy atom. The normalized spacial score (nSPS) is 18.8. The van der Waals surface area contributed by atoms with Crippen molar-refractivity contribution in [2.24, 2.45) is 0 Å². The predicted molar refractivity (Wildman–Crippen MR) is 110 cm³/mol. The fraction of sp³-hybridized carbons (Fsp3) is 0.400. The molecule has 2 aromatic rings. The maximum atomic E-state index is 12.8. The minimum atomic E-state index is 0.154. The lowest BCUT2D eigenvalue weighted by molar-refractivity contribution is -0.377. The summed E-state index contributed by atoms with van der Waals surface area (Å²) in [6, 6.07) is 12.5. The number of hydrogen-bond donors (Lipinski definition) is 0. The van der Waals surface area contributed by atoms with Crippen LogP contribution in [-0.4, -0.2) is 48.5 Å². The number of thioether (sulfide) groups is 2. The van der Waals surface area contributed by atoms with Crippen LogP contribution in [0.25, 0.3) is 0 Å². The van der Waals surface area contributed by atoms with E-state index in [0.717, 1.165) is 31.7 Å². The molecule has 136 valence electrons. The number of aromatic nitrogens is 1. The van der Waals surface area contributed by atoms with Gasteiger partial charge in [-0.15, -0.1) is 23.5 Å². The predicted octanol–water partition coefficient (Wildman–Crippen LogP) is 3.33. The molecule has 2 fully saturated rings. The number of nitrogens with one attached hydrogen (secondary N) is 1. The number of pyridine rings is 1. The van der Waals surface area contributed by atoms with Crippen LogP contribution >= 0.6 is 23.5 Å². The van der Waals surface area contributed by atoms with E-state index in [1.807, 2.05) is 53.0 Å². The molecule has 0 unspecified atom stereocenters. The standard InChI is InChI=1S/C20H23N3OS2/c24-19(16-2-4-17(5-3-16)20-25-14-1-15-26-20)23-12-10-22(11-13-23)18-6-8-21-9-7-18/h2-9,20H,1,10-15H2/p+1. The third-order valence-corrected chi connectivity index (χ3v) is 7.90. The lowest BCUT2D eigenvalue weighted by Gasteiger charge is -2.35. The Morgan fingerprint density at radius 3 is 2.23 bits per heavy atom. The van der Waals surface area contributed by atoms with Gasteiger partial charge in [0, 0.05) is 49.6 Å². The van der Waals surface area contributed by atoms with Crippen molar-refractivity contribution in [1.29, 1.82) is 0 Å². The van der Waals surface area contributed by atoms with Gasteiger partial charge < -0.3 is 9.80 Å². The lowest BCUT2D eigenvalue weighted by Crippen LogP contribution is -2.48. The van der Waals surface area contributed by atoms with Crippen molar-refractivity contribution in [2.45, 2.75) is 11.0 Å². The topological polar surface area (TPSA) is 37.7 Å². The van der Waals surface area contributed by atoms with Gasteiger partial charge in [-0.05, 0) is 35.6 Å². The summed E-state index contributed by atoms with van der Waals surface area (Å²) < 4.78 is 0.527. The molecule has 2 aliphatic rings. The summed E-state index contributed by atoms with van der Waals surface area (Å²) in [6.45, 7) is 3.30. The van der Waals surface area contributed by atoms with Gasteiger partial charge in [0.1, 0.15) is 0 Å². The molecule has 1 aromatic carbocycles. The average Bonchev–Trinajstić information content (AvgIpc) is 2.75. The summed E-state index contributed by atoms with van der Waals surface area (Å²) in [5, 5.41) is 0. The molecular weight excluding hydrogens is 362 g/mol. The van der Waals surface area contributed by atoms with E-state index in [2.05, 4.69) is 34.1 Å². The van der Waals surface area contributed by atoms with E-state index in [4.69, 9.17) is 0 Å². The number of anilines is 1. The molecular formula is C20H24N3OS2+. The molecule has 1 aromatic heterocycles. The highest BCUT2D eigenvalue weighted by Gasteiger charge is 2.23. The van der Waals surface area contributed by atoms with Crippen molar-refractivity contribution in [3.63, 3.8) is 0 Å². The van der Waals surface area contributed by atoms with Crippen LogP contribution in [-0.2, 0) is 0 Å². The van der Waals surface area contributed by atoms with Gasteiger partial charge in [-0.3, -0.25) is 4.79 Å². The average molecular weight is 387 g/mol. The zero-order chi connectivity index (χ0) is 17.8. The highest BCUT2D eigenvalue weighted by molar-refractivity contribution is 8.16. The van der Waals surface area contributed by atoms with Gasteiger partial charge in [-0.1, -0.05) is 12.1 Å². The lowest BCUT2D eigenvalue weighted by atomic mass is 10.1. The third-order valence-electron chi connectivity index (χ3n) is 4.89. The van der Waals surface area contributed by atoms with Gasteiger partial charge in [0.25, 0.3) is 5.91 Å². The number of aromatic amines is 1. The second-order valence-corrected chi connectivity index (χ2v) is 9.31. The molecule has 4 nitrogen and oxygen atoms in total. The van der Waals surface area contributed by atoms with E-state index >= 15 is 0 Å². The Bertz CT molecular complexity index is 724. The summed E-state index contributed by atoms with van der Waals surface area (Å²) in [5.41, 5.74) is 3.35. The van der Waals surface area contributed by atoms with Crippen molar-refractivity contribution < 1.29 is 9.78 Å². The molecule has 0 aliphatic carbocycles. The van der Waals surface area contributed by atoms with Crippen molar-refractivity contribution >= 4 is 35.1 Å². The number of amides is 1. The summed E-state index contributed by atoms with van der Waals surface area (Å²) in [7, 11) is 0. The minimum Gasteiger partial charge on any atom is -0.368 e. The number of rotatable bonds is 3. The second kappa shape index (κ2) is 8.35. The molecule has 0 saturated carbocycles. The molecule has 3 heterocycles. The van der Waals surface area contributed by atoms with E-state index in [-0.39, 0.29) is 5.91 Å². The van der Waals surface area contributed by atoms with Gasteiger partial charge >= 0.3 is 0 Å². The highest BCUT2D eigenvalue weighted by Crippen LogP contribution is 2.43. The number of benzene rings is 1. The molecule has 1 amide bonds. The van der Waals surface area contributed by atoms with Crippen LogP contribution in [0.1, 0.15) is 26.9 Å². The summed E-state index contributed by atoms with van der Waals surface area (Å²) in [5.74, 6) is 2.63. The molecule has 0 radical (unpaired) electrons. The molecule has 4 rings (SSSR count). The Morgan fingerprint density at radius 2 is 1.58 bits per heavy atom. The first-order valence-corrected chi connectivity index (χ1v) is 11.2. The monoisotopic (exact) mass is 386 g/mol. The Balaban J connectivity index is 1.36. The Hall–Kier alpha value is -1.66. The molecule has 0 spiro atoms. The smallest absolute Gasteiger partial charge is 0.253 e. The molecule has 2 aliphatic heterocycles. The Kier molecular flexibility index (Phi) is 5.70. The number of carbonyl (C=O) groups is 1. The van der Waals surface area contributed by atoms with Gasteiger partial charge in [-0.25, -0.2) is 4.98 Å². The van der Waals surface area contributed by atoms with Crippen molar-refractivity contribution in [3.05, 3.63) is 59.9 Å². The fourth-order valence-corrected chi connectivity index (χ4v) is 6.30. The molecule has 0 bridgehead atoms. The van der Waals surface area contributed by atoms with Crippen LogP contribution in [0.3, 0.4) is 0 Å². The largest absolute Gasteiger partial charge is 0.368 e. The van der Waals surface area contributed by atoms with Crippen LogP contribution in [0.4, 0.5) is 5.69 Å². The molecule has 1 N–H and O–H groups in total. The van der Waals surface area contributed by atoms with Gasteiger partial charge in [0.2, 0.25) is 0 Å². The van der Waals surface area contributed by atoms with E-state index < -0.39 is 0 Å². The second-order valence-electron chi connectivity index (χ2n) is 6.59. The van der Waals surface area contributed by atoms with Crippen molar-refractivity contribution in [3.8, 4) is 0 Å². The zero-order valence-electron chi connectivity index (χ0n) is 14.8. The highest BCUT2D eigenvalue weighted by atomic mass is 32.2. The number of hydrogen-bond acceptors (Lipinski definition) is 4. The van der Waals surface area contributed by atoms with E-state index in [1.165, 1.54) is 29.2 Å². The third kappa shape index (κ3) is 4.01. The van der Waals surface area contributed by atoms with Gasteiger partial charge in [0.15, 0.2) is 12.4 Å². The van der Waals surface area contributed by atoms with Crippen molar-refractivity contribution in [2.75, 3.05) is 42.6 Å². The molecule has 0 atom stereocenters. The fourth-order valence-electron chi connectivity index (χ4n) is 3.40. The van der Waals surface area contributed by atoms with Crippen LogP contribution in [0, 0.1) is 0 Å². The van der Waals surface area contributed by atoms with Crippen LogP contribution in [0.5, 0.6) is 0 Å². The zero-order valence-corrected chi connectivity index (χ0v) is 16.4. The van der Waals surface area contributed by atoms with Crippen LogP contribution in [0.15, 0.2) is 48.8 Å². The minimum absolute atomic E-state index is 0.154. The SMILES string of the molecule is O=C(c1ccc(C2SCCCS2)cc1)N1CCN(c2cc[nH+]cc2)CC1. The molecule has 6 heteroatoms. The van der Waals surface area contributed by atoms with E-state index in [0.29, 0.717) is 4.58 Å². The Labute approximate surface area is 163 Å². The first-order chi connectivity index (χ1) is 12.8. The summed E-state index contributed by atoms with van der Waals surface area (Å²) >= 11 is 4.03. The van der Waals surface area contributed by atoms with Gasteiger partial charge in [-0.2, -0.15) is 0 Å². The number of H-pyrrole nitrogens is 1. The van der Waals surface area contributed by atoms with E-state index in [1.54, 1.807) is 0 Å². The maximum Gasteiger partial charge on any atom is 0.253 e. The quantitative estimate of drug-likeness (QED) is 0.811. The van der Waals surface area contributed by atoms with E-state index in [9.17, 15) is 4.79 Å². The van der Waals surface area contributed by atoms with Crippen LogP contribution < -0.4 is 9.88 Å². The first-order valence-electron chi connectivity index (χ1n) is 9.15. The van der Waals surface area contributed by atoms with Crippen LogP contribution in [0.2, 0.25) is 0 Å². The number of carbonyl (C=O) groups excluding carboxylic acids is 1. The molecule has 26 heavy (non-hydrogen) atoms. The van der Waals surface area contributed by atoms with Crippen molar-refractivity contribution in [1.82, 2.24) is 4.90 Å². The van der Waals surface area contributed by atoms with Gasteiger partial charge in [0.05, 0.1) is 4.58 Å². The maximum absolute atomic E-state index is 12.8. The molecule has 2 saturated heterocycles. The summed E-state index contributed by atoms with van der Waals surface area (Å²) in [6.07, 6.45) is 5.18. The number of piperazine rings is 1. The number of nitrogens with zero attached hydrogens (tertiary/aromatic N) is 2. The summed E-state index contributed by atoms with van der Waals surface area (Å²) in [4.78, 5) is 20.2. The first kappa shape index (κ1) is 17.7.